The molecular formula is C31H30N6O. The fourth-order valence-electron chi connectivity index (χ4n) is 4.93. The Morgan fingerprint density at radius 2 is 1.68 bits per heavy atom. The number of nitriles is 1. The van der Waals surface area contributed by atoms with Crippen LogP contribution in [0.3, 0.4) is 0 Å². The number of benzene rings is 2. The molecule has 7 heteroatoms. The largest absolute Gasteiger partial charge is 0.367 e. The third-order valence-corrected chi connectivity index (χ3v) is 6.95. The minimum absolute atomic E-state index is 0.0852. The van der Waals surface area contributed by atoms with Gasteiger partial charge in [-0.2, -0.15) is 5.26 Å². The van der Waals surface area contributed by atoms with Crippen molar-refractivity contribution in [1.29, 1.82) is 5.26 Å². The van der Waals surface area contributed by atoms with E-state index in [0.717, 1.165) is 53.9 Å². The zero-order valence-corrected chi connectivity index (χ0v) is 21.1. The third-order valence-electron chi connectivity index (χ3n) is 6.95. The Labute approximate surface area is 223 Å². The van der Waals surface area contributed by atoms with Crippen molar-refractivity contribution in [1.82, 2.24) is 15.3 Å². The lowest BCUT2D eigenvalue weighted by Gasteiger charge is -2.37. The lowest BCUT2D eigenvalue weighted by molar-refractivity contribution is 0.240. The normalized spacial score (nSPS) is 16.7. The molecular weight excluding hydrogens is 472 g/mol. The van der Waals surface area contributed by atoms with Crippen molar-refractivity contribution >= 4 is 17.5 Å². The topological polar surface area (TPSA) is 93.9 Å². The first-order chi connectivity index (χ1) is 18.7. The number of anilines is 2. The molecule has 0 radical (unpaired) electrons. The van der Waals surface area contributed by atoms with E-state index in [2.05, 4.69) is 26.7 Å². The predicted molar refractivity (Wildman–Crippen MR) is 149 cm³/mol. The number of pyridine rings is 2. The van der Waals surface area contributed by atoms with E-state index in [9.17, 15) is 4.79 Å². The summed E-state index contributed by atoms with van der Waals surface area (Å²) < 4.78 is 0. The van der Waals surface area contributed by atoms with Gasteiger partial charge >= 0.3 is 6.03 Å². The van der Waals surface area contributed by atoms with Gasteiger partial charge in [-0.3, -0.25) is 9.88 Å². The first-order valence-electron chi connectivity index (χ1n) is 12.9. The number of hydrogen-bond acceptors (Lipinski definition) is 5. The van der Waals surface area contributed by atoms with Gasteiger partial charge in [-0.25, -0.2) is 9.78 Å². The van der Waals surface area contributed by atoms with Crippen LogP contribution in [0, 0.1) is 11.3 Å². The van der Waals surface area contributed by atoms with Crippen LogP contribution in [0.1, 0.15) is 36.8 Å². The number of rotatable bonds is 7. The van der Waals surface area contributed by atoms with Gasteiger partial charge in [0, 0.05) is 42.9 Å². The number of nitrogens with zero attached hydrogens (tertiary/aromatic N) is 4. The molecule has 0 unspecified atom stereocenters. The lowest BCUT2D eigenvalue weighted by Crippen LogP contribution is -2.48. The molecule has 2 amide bonds. The van der Waals surface area contributed by atoms with Crippen LogP contribution in [-0.2, 0) is 6.54 Å². The summed E-state index contributed by atoms with van der Waals surface area (Å²) in [5.74, 6) is 0.774. The van der Waals surface area contributed by atoms with Crippen molar-refractivity contribution < 1.29 is 4.79 Å². The Bertz CT molecular complexity index is 1360. The zero-order chi connectivity index (χ0) is 26.2. The van der Waals surface area contributed by atoms with Crippen LogP contribution in [0.4, 0.5) is 16.3 Å². The van der Waals surface area contributed by atoms with Crippen molar-refractivity contribution in [3.8, 4) is 17.2 Å². The fraction of sp³-hybridized carbons (Fsp3) is 0.226. The zero-order valence-electron chi connectivity index (χ0n) is 21.1. The highest BCUT2D eigenvalue weighted by Crippen LogP contribution is 2.31. The summed E-state index contributed by atoms with van der Waals surface area (Å²) in [6.45, 7) is 0.477. The number of carbonyl (C=O) groups is 1. The molecule has 2 N–H and O–H groups in total. The smallest absolute Gasteiger partial charge is 0.322 e. The molecule has 2 heterocycles. The van der Waals surface area contributed by atoms with Gasteiger partial charge in [-0.1, -0.05) is 48.5 Å². The monoisotopic (exact) mass is 502 g/mol. The second-order valence-electron chi connectivity index (χ2n) is 9.50. The van der Waals surface area contributed by atoms with Crippen LogP contribution in [0.5, 0.6) is 0 Å². The second kappa shape index (κ2) is 12.0. The summed E-state index contributed by atoms with van der Waals surface area (Å²) in [7, 11) is 0. The molecule has 5 rings (SSSR count). The highest BCUT2D eigenvalue weighted by atomic mass is 16.2. The van der Waals surface area contributed by atoms with Crippen LogP contribution < -0.4 is 15.5 Å². The molecule has 7 nitrogen and oxygen atoms in total. The standard InChI is InChI=1S/C31H30N6O/c32-19-24-8-17-30(34-21-24)36-27-11-15-29(16-12-27)37(31(38)35-20-23-5-2-1-3-6-23)28-13-9-25(10-14-28)26-7-4-18-33-22-26/h1-10,13-14,17-18,21-22,27,29H,11-12,15-16,20H2,(H,34,36)(H,35,38)/t27-,29+. The molecule has 1 saturated carbocycles. The van der Waals surface area contributed by atoms with E-state index in [1.807, 2.05) is 83.9 Å². The van der Waals surface area contributed by atoms with Crippen molar-refractivity contribution in [2.24, 2.45) is 0 Å². The van der Waals surface area contributed by atoms with Gasteiger partial charge in [-0.05, 0) is 72.7 Å². The number of nitrogens with one attached hydrogen (secondary N) is 2. The number of carbonyl (C=O) groups excluding carboxylic acids is 1. The van der Waals surface area contributed by atoms with Crippen LogP contribution in [0.2, 0.25) is 0 Å². The van der Waals surface area contributed by atoms with Gasteiger partial charge in [0.2, 0.25) is 0 Å². The second-order valence-corrected chi connectivity index (χ2v) is 9.50. The van der Waals surface area contributed by atoms with Crippen LogP contribution in [0.25, 0.3) is 11.1 Å². The minimum atomic E-state index is -0.0897. The van der Waals surface area contributed by atoms with E-state index in [-0.39, 0.29) is 18.1 Å². The summed E-state index contributed by atoms with van der Waals surface area (Å²) in [4.78, 5) is 24.0. The van der Waals surface area contributed by atoms with Crippen molar-refractivity contribution in [2.45, 2.75) is 44.3 Å². The number of hydrogen-bond donors (Lipinski definition) is 2. The molecule has 1 aliphatic rings. The summed E-state index contributed by atoms with van der Waals surface area (Å²) >= 11 is 0. The van der Waals surface area contributed by atoms with Gasteiger partial charge in [0.15, 0.2) is 0 Å². The Kier molecular flexibility index (Phi) is 7.90. The molecule has 0 saturated heterocycles. The van der Waals surface area contributed by atoms with E-state index in [0.29, 0.717) is 12.1 Å². The molecule has 2 aromatic heterocycles. The lowest BCUT2D eigenvalue weighted by atomic mass is 9.89. The van der Waals surface area contributed by atoms with Gasteiger partial charge in [-0.15, -0.1) is 0 Å². The molecule has 0 bridgehead atoms. The minimum Gasteiger partial charge on any atom is -0.367 e. The average Bonchev–Trinajstić information content (AvgIpc) is 2.99. The maximum atomic E-state index is 13.6. The Hall–Kier alpha value is -4.70. The summed E-state index contributed by atoms with van der Waals surface area (Å²) in [5, 5.41) is 15.6. The highest BCUT2D eigenvalue weighted by molar-refractivity contribution is 5.93. The quantitative estimate of drug-likeness (QED) is 0.316. The van der Waals surface area contributed by atoms with Gasteiger partial charge in [0.05, 0.1) is 5.56 Å². The molecule has 0 aliphatic heterocycles. The molecule has 4 aromatic rings. The number of amides is 2. The maximum absolute atomic E-state index is 13.6. The summed E-state index contributed by atoms with van der Waals surface area (Å²) in [6.07, 6.45) is 8.77. The molecule has 0 atom stereocenters. The van der Waals surface area contributed by atoms with Crippen LogP contribution in [-0.4, -0.2) is 28.1 Å². The number of aromatic nitrogens is 2. The fourth-order valence-corrected chi connectivity index (χ4v) is 4.93. The Morgan fingerprint density at radius 1 is 0.895 bits per heavy atom. The summed E-state index contributed by atoms with van der Waals surface area (Å²) in [6, 6.07) is 28.0. The summed E-state index contributed by atoms with van der Waals surface area (Å²) in [5.41, 5.74) is 4.60. The molecule has 0 spiro atoms. The van der Waals surface area contributed by atoms with E-state index in [4.69, 9.17) is 5.26 Å². The molecule has 1 fully saturated rings. The van der Waals surface area contributed by atoms with Gasteiger partial charge in [0.25, 0.3) is 0 Å². The first-order valence-corrected chi connectivity index (χ1v) is 12.9. The maximum Gasteiger partial charge on any atom is 0.322 e. The predicted octanol–water partition coefficient (Wildman–Crippen LogP) is 6.15. The van der Waals surface area contributed by atoms with E-state index in [1.165, 1.54) is 0 Å². The van der Waals surface area contributed by atoms with Crippen LogP contribution in [0.15, 0.2) is 97.5 Å². The molecule has 38 heavy (non-hydrogen) atoms. The molecule has 190 valence electrons. The average molecular weight is 503 g/mol. The van der Waals surface area contributed by atoms with E-state index in [1.54, 1.807) is 18.5 Å². The van der Waals surface area contributed by atoms with Gasteiger partial charge in [0.1, 0.15) is 11.9 Å². The number of urea groups is 1. The van der Waals surface area contributed by atoms with Crippen molar-refractivity contribution in [3.63, 3.8) is 0 Å². The van der Waals surface area contributed by atoms with Crippen LogP contribution >= 0.6 is 0 Å². The highest BCUT2D eigenvalue weighted by Gasteiger charge is 2.30. The van der Waals surface area contributed by atoms with Crippen molar-refractivity contribution in [3.05, 3.63) is 109 Å². The molecule has 2 aromatic carbocycles. The van der Waals surface area contributed by atoms with E-state index >= 15 is 0 Å². The molecule has 1 aliphatic carbocycles. The Morgan fingerprint density at radius 3 is 2.34 bits per heavy atom. The SMILES string of the molecule is N#Cc1ccc(N[C@H]2CC[C@@H](N(C(=O)NCc3ccccc3)c3ccc(-c4cccnc4)cc3)CC2)nc1. The van der Waals surface area contributed by atoms with E-state index < -0.39 is 0 Å². The third kappa shape index (κ3) is 6.16. The van der Waals surface area contributed by atoms with Gasteiger partial charge < -0.3 is 10.6 Å². The Balaban J connectivity index is 1.29. The first kappa shape index (κ1) is 25.0. The van der Waals surface area contributed by atoms with Crippen molar-refractivity contribution in [2.75, 3.05) is 10.2 Å².